The number of nitrogens with two attached hydrogens (primary N) is 1. The lowest BCUT2D eigenvalue weighted by Gasteiger charge is -2.19. The number of imide groups is 1. The Morgan fingerprint density at radius 2 is 1.83 bits per heavy atom. The second kappa shape index (κ2) is 7.95. The van der Waals surface area contributed by atoms with E-state index in [9.17, 15) is 19.2 Å². The summed E-state index contributed by atoms with van der Waals surface area (Å²) in [5, 5.41) is 4.23. The third-order valence-corrected chi connectivity index (χ3v) is 2.34. The minimum Gasteiger partial charge on any atom is -0.452 e. The van der Waals surface area contributed by atoms with Crippen LogP contribution in [0.25, 0.3) is 0 Å². The van der Waals surface area contributed by atoms with E-state index >= 15 is 0 Å². The molecule has 0 atom stereocenters. The molecule has 0 radical (unpaired) electrons. The van der Waals surface area contributed by atoms with Crippen molar-refractivity contribution in [2.75, 3.05) is 11.9 Å². The number of anilines is 1. The van der Waals surface area contributed by atoms with E-state index in [-0.39, 0.29) is 5.56 Å². The molecule has 0 aliphatic carbocycles. The molecule has 0 aliphatic rings. The van der Waals surface area contributed by atoms with Crippen LogP contribution >= 0.6 is 0 Å². The van der Waals surface area contributed by atoms with E-state index in [1.54, 1.807) is 32.2 Å². The number of rotatable bonds is 4. The summed E-state index contributed by atoms with van der Waals surface area (Å²) in [5.41, 5.74) is 4.53. The maximum absolute atomic E-state index is 11.8. The fourth-order valence-corrected chi connectivity index (χ4v) is 1.53. The summed E-state index contributed by atoms with van der Waals surface area (Å²) in [6.07, 6.45) is -0.672. The molecule has 1 aromatic carbocycles. The van der Waals surface area contributed by atoms with Gasteiger partial charge in [0, 0.05) is 5.69 Å². The number of primary amides is 1. The smallest absolute Gasteiger partial charge is 0.412 e. The van der Waals surface area contributed by atoms with Crippen LogP contribution in [0, 0.1) is 0 Å². The number of carbonyl (C=O) groups is 4. The van der Waals surface area contributed by atoms with E-state index in [0.717, 1.165) is 0 Å². The molecule has 0 unspecified atom stereocenters. The maximum Gasteiger partial charge on any atom is 0.412 e. The Hall–Kier alpha value is -3.10. The van der Waals surface area contributed by atoms with Gasteiger partial charge < -0.3 is 15.2 Å². The molecule has 0 aromatic heterocycles. The highest BCUT2D eigenvalue weighted by Gasteiger charge is 2.17. The number of urea groups is 1. The molecule has 0 aliphatic heterocycles. The number of nitrogens with one attached hydrogen (secondary N) is 2. The van der Waals surface area contributed by atoms with Crippen molar-refractivity contribution < 1.29 is 28.7 Å². The fraction of sp³-hybridized carbons (Fsp3) is 0.333. The fourth-order valence-electron chi connectivity index (χ4n) is 1.53. The SMILES string of the molecule is CC(C)(C)OC(=O)Nc1cccc(C(=O)OCC(=O)NC(N)=O)c1. The van der Waals surface area contributed by atoms with Crippen molar-refractivity contribution in [1.82, 2.24) is 5.32 Å². The first-order chi connectivity index (χ1) is 11.1. The third kappa shape index (κ3) is 7.25. The third-order valence-electron chi connectivity index (χ3n) is 2.34. The first-order valence-corrected chi connectivity index (χ1v) is 6.93. The van der Waals surface area contributed by atoms with Crippen LogP contribution in [0.15, 0.2) is 24.3 Å². The van der Waals surface area contributed by atoms with Crippen LogP contribution in [0.3, 0.4) is 0 Å². The predicted octanol–water partition coefficient (Wildman–Crippen LogP) is 1.39. The molecular weight excluding hydrogens is 318 g/mol. The second-order valence-electron chi connectivity index (χ2n) is 5.70. The number of amides is 4. The summed E-state index contributed by atoms with van der Waals surface area (Å²) in [7, 11) is 0. The highest BCUT2D eigenvalue weighted by atomic mass is 16.6. The van der Waals surface area contributed by atoms with E-state index in [4.69, 9.17) is 15.2 Å². The molecule has 9 nitrogen and oxygen atoms in total. The topological polar surface area (TPSA) is 137 Å². The number of hydrogen-bond donors (Lipinski definition) is 3. The van der Waals surface area contributed by atoms with Crippen molar-refractivity contribution in [3.63, 3.8) is 0 Å². The molecule has 0 heterocycles. The van der Waals surface area contributed by atoms with Gasteiger partial charge in [0.15, 0.2) is 6.61 Å². The number of hydrogen-bond acceptors (Lipinski definition) is 6. The molecule has 0 saturated carbocycles. The Kier molecular flexibility index (Phi) is 6.28. The lowest BCUT2D eigenvalue weighted by atomic mass is 10.2. The molecule has 130 valence electrons. The predicted molar refractivity (Wildman–Crippen MR) is 84.3 cm³/mol. The number of benzene rings is 1. The summed E-state index contributed by atoms with van der Waals surface area (Å²) < 4.78 is 9.82. The van der Waals surface area contributed by atoms with Gasteiger partial charge in [-0.2, -0.15) is 0 Å². The molecule has 24 heavy (non-hydrogen) atoms. The summed E-state index contributed by atoms with van der Waals surface area (Å²) in [5.74, 6) is -1.65. The van der Waals surface area contributed by atoms with Crippen molar-refractivity contribution in [3.8, 4) is 0 Å². The summed E-state index contributed by atoms with van der Waals surface area (Å²) in [6.45, 7) is 4.50. The van der Waals surface area contributed by atoms with E-state index in [1.807, 2.05) is 0 Å². The van der Waals surface area contributed by atoms with Gasteiger partial charge in [-0.1, -0.05) is 6.07 Å². The van der Waals surface area contributed by atoms with Crippen LogP contribution in [0.5, 0.6) is 0 Å². The van der Waals surface area contributed by atoms with Crippen molar-refractivity contribution in [2.45, 2.75) is 26.4 Å². The first kappa shape index (κ1) is 18.9. The normalized spacial score (nSPS) is 10.5. The molecule has 1 aromatic rings. The summed E-state index contributed by atoms with van der Waals surface area (Å²) in [6, 6.07) is 4.83. The van der Waals surface area contributed by atoms with Crippen molar-refractivity contribution in [2.24, 2.45) is 5.73 Å². The molecule has 0 saturated heterocycles. The molecule has 0 spiro atoms. The quantitative estimate of drug-likeness (QED) is 0.710. The number of ether oxygens (including phenoxy) is 2. The van der Waals surface area contributed by atoms with Gasteiger partial charge in [0.2, 0.25) is 0 Å². The maximum atomic E-state index is 11.8. The van der Waals surface area contributed by atoms with Crippen LogP contribution in [0.2, 0.25) is 0 Å². The lowest BCUT2D eigenvalue weighted by molar-refractivity contribution is -0.123. The standard InChI is InChI=1S/C15H19N3O6/c1-15(2,3)24-14(22)17-10-6-4-5-9(7-10)12(20)23-8-11(19)18-13(16)21/h4-7H,8H2,1-3H3,(H,17,22)(H3,16,18,19,21). The van der Waals surface area contributed by atoms with Gasteiger partial charge in [-0.05, 0) is 39.0 Å². The van der Waals surface area contributed by atoms with Crippen LogP contribution in [-0.4, -0.2) is 36.2 Å². The molecule has 0 bridgehead atoms. The van der Waals surface area contributed by atoms with Gasteiger partial charge in [0.05, 0.1) is 5.56 Å². The molecule has 1 rings (SSSR count). The van der Waals surface area contributed by atoms with Gasteiger partial charge in [-0.15, -0.1) is 0 Å². The van der Waals surface area contributed by atoms with Crippen molar-refractivity contribution in [1.29, 1.82) is 0 Å². The molecule has 0 fully saturated rings. The van der Waals surface area contributed by atoms with E-state index in [2.05, 4.69) is 5.32 Å². The molecule has 4 N–H and O–H groups in total. The first-order valence-electron chi connectivity index (χ1n) is 6.93. The van der Waals surface area contributed by atoms with E-state index in [1.165, 1.54) is 18.2 Å². The largest absolute Gasteiger partial charge is 0.452 e. The second-order valence-corrected chi connectivity index (χ2v) is 5.70. The summed E-state index contributed by atoms with van der Waals surface area (Å²) in [4.78, 5) is 45.2. The van der Waals surface area contributed by atoms with Crippen LogP contribution in [-0.2, 0) is 14.3 Å². The minimum atomic E-state index is -1.04. The summed E-state index contributed by atoms with van der Waals surface area (Å²) >= 11 is 0. The highest BCUT2D eigenvalue weighted by molar-refractivity contribution is 5.97. The van der Waals surface area contributed by atoms with Crippen LogP contribution < -0.4 is 16.4 Å². The Bertz CT molecular complexity index is 651. The van der Waals surface area contributed by atoms with Crippen molar-refractivity contribution in [3.05, 3.63) is 29.8 Å². The minimum absolute atomic E-state index is 0.107. The van der Waals surface area contributed by atoms with E-state index < -0.39 is 36.2 Å². The van der Waals surface area contributed by atoms with Gasteiger partial charge >= 0.3 is 18.1 Å². The number of esters is 1. The average molecular weight is 337 g/mol. The average Bonchev–Trinajstić information content (AvgIpc) is 2.42. The Morgan fingerprint density at radius 3 is 2.42 bits per heavy atom. The molecular formula is C15H19N3O6. The Balaban J connectivity index is 2.64. The van der Waals surface area contributed by atoms with Crippen LogP contribution in [0.1, 0.15) is 31.1 Å². The van der Waals surface area contributed by atoms with Gasteiger partial charge in [0.25, 0.3) is 5.91 Å². The Morgan fingerprint density at radius 1 is 1.17 bits per heavy atom. The molecule has 4 amide bonds. The zero-order valence-corrected chi connectivity index (χ0v) is 13.5. The van der Waals surface area contributed by atoms with Crippen LogP contribution in [0.4, 0.5) is 15.3 Å². The lowest BCUT2D eigenvalue weighted by Crippen LogP contribution is -2.37. The Labute approximate surface area is 138 Å². The van der Waals surface area contributed by atoms with E-state index in [0.29, 0.717) is 5.69 Å². The zero-order valence-electron chi connectivity index (χ0n) is 13.5. The van der Waals surface area contributed by atoms with Gasteiger partial charge in [-0.3, -0.25) is 15.4 Å². The van der Waals surface area contributed by atoms with Gasteiger partial charge in [0.1, 0.15) is 5.60 Å². The zero-order chi connectivity index (χ0) is 18.3. The monoisotopic (exact) mass is 337 g/mol. The van der Waals surface area contributed by atoms with Crippen molar-refractivity contribution >= 4 is 29.7 Å². The molecule has 9 heteroatoms. The highest BCUT2D eigenvalue weighted by Crippen LogP contribution is 2.14. The van der Waals surface area contributed by atoms with Gasteiger partial charge in [-0.25, -0.2) is 14.4 Å². The number of carbonyl (C=O) groups excluding carboxylic acids is 4.